The lowest BCUT2D eigenvalue weighted by Gasteiger charge is -2.24. The molecule has 1 saturated heterocycles. The van der Waals surface area contributed by atoms with Crippen LogP contribution in [0.25, 0.3) is 0 Å². The maximum absolute atomic E-state index is 12.1. The van der Waals surface area contributed by atoms with Gasteiger partial charge in [0.2, 0.25) is 5.91 Å². The van der Waals surface area contributed by atoms with E-state index in [4.69, 9.17) is 10.00 Å². The molecule has 2 aliphatic rings. The van der Waals surface area contributed by atoms with Gasteiger partial charge < -0.3 is 10.1 Å². The van der Waals surface area contributed by atoms with Gasteiger partial charge >= 0.3 is 0 Å². The monoisotopic (exact) mass is 313 g/mol. The lowest BCUT2D eigenvalue weighted by atomic mass is 10.1. The Morgan fingerprint density at radius 1 is 1.30 bits per heavy atom. The summed E-state index contributed by atoms with van der Waals surface area (Å²) in [6, 6.07) is 9.70. The molecular formula is C18H23N3O2. The van der Waals surface area contributed by atoms with Gasteiger partial charge in [0.25, 0.3) is 0 Å². The number of hydrogen-bond acceptors (Lipinski definition) is 4. The van der Waals surface area contributed by atoms with Gasteiger partial charge in [-0.3, -0.25) is 9.69 Å². The topological polar surface area (TPSA) is 65.4 Å². The predicted octanol–water partition coefficient (Wildman–Crippen LogP) is 2.39. The summed E-state index contributed by atoms with van der Waals surface area (Å²) < 4.78 is 5.45. The van der Waals surface area contributed by atoms with Crippen molar-refractivity contribution in [3.63, 3.8) is 0 Å². The van der Waals surface area contributed by atoms with Gasteiger partial charge in [-0.2, -0.15) is 5.26 Å². The number of carbonyl (C=O) groups excluding carboxylic acids is 1. The number of nitrogens with zero attached hydrogens (tertiary/aromatic N) is 2. The molecule has 1 N–H and O–H groups in total. The van der Waals surface area contributed by atoms with Crippen LogP contribution in [0.5, 0.6) is 0 Å². The van der Waals surface area contributed by atoms with E-state index in [1.807, 2.05) is 0 Å². The fourth-order valence-corrected chi connectivity index (χ4v) is 3.02. The van der Waals surface area contributed by atoms with E-state index in [1.165, 1.54) is 12.8 Å². The van der Waals surface area contributed by atoms with Gasteiger partial charge in [0.1, 0.15) is 0 Å². The van der Waals surface area contributed by atoms with Gasteiger partial charge in [-0.1, -0.05) is 0 Å². The zero-order valence-electron chi connectivity index (χ0n) is 13.3. The predicted molar refractivity (Wildman–Crippen MR) is 87.9 cm³/mol. The van der Waals surface area contributed by atoms with Crippen LogP contribution in [-0.4, -0.2) is 43.2 Å². The number of rotatable bonds is 7. The van der Waals surface area contributed by atoms with E-state index in [0.717, 1.165) is 38.4 Å². The highest BCUT2D eigenvalue weighted by molar-refractivity contribution is 5.90. The second-order valence-electron chi connectivity index (χ2n) is 6.44. The van der Waals surface area contributed by atoms with Gasteiger partial charge in [-0.05, 0) is 49.4 Å². The van der Waals surface area contributed by atoms with E-state index < -0.39 is 0 Å². The van der Waals surface area contributed by atoms with Crippen molar-refractivity contribution in [1.82, 2.24) is 4.90 Å². The highest BCUT2D eigenvalue weighted by Crippen LogP contribution is 2.29. The fourth-order valence-electron chi connectivity index (χ4n) is 3.02. The lowest BCUT2D eigenvalue weighted by Crippen LogP contribution is -2.34. The molecule has 1 aromatic carbocycles. The van der Waals surface area contributed by atoms with E-state index in [0.29, 0.717) is 23.9 Å². The third-order valence-corrected chi connectivity index (χ3v) is 4.50. The smallest absolute Gasteiger partial charge is 0.225 e. The van der Waals surface area contributed by atoms with Crippen LogP contribution in [0.4, 0.5) is 5.69 Å². The normalized spacial score (nSPS) is 20.4. The standard InChI is InChI=1S/C18H23N3O2/c19-11-14-1-3-16(4-2-14)20-18(22)7-9-21(17-5-6-17)12-15-8-10-23-13-15/h1-4,15,17H,5-10,12-13H2,(H,20,22). The lowest BCUT2D eigenvalue weighted by molar-refractivity contribution is -0.116. The summed E-state index contributed by atoms with van der Waals surface area (Å²) in [6.07, 6.45) is 4.15. The van der Waals surface area contributed by atoms with E-state index in [9.17, 15) is 4.79 Å². The molecule has 1 unspecified atom stereocenters. The first kappa shape index (κ1) is 16.0. The average molecular weight is 313 g/mol. The third-order valence-electron chi connectivity index (χ3n) is 4.50. The van der Waals surface area contributed by atoms with Crippen molar-refractivity contribution < 1.29 is 9.53 Å². The van der Waals surface area contributed by atoms with Crippen LogP contribution in [0.2, 0.25) is 0 Å². The molecule has 1 aromatic rings. The molecule has 1 atom stereocenters. The molecule has 23 heavy (non-hydrogen) atoms. The summed E-state index contributed by atoms with van der Waals surface area (Å²) in [5.41, 5.74) is 1.35. The van der Waals surface area contributed by atoms with Crippen LogP contribution >= 0.6 is 0 Å². The van der Waals surface area contributed by atoms with E-state index in [-0.39, 0.29) is 5.91 Å². The Morgan fingerprint density at radius 3 is 2.70 bits per heavy atom. The van der Waals surface area contributed by atoms with Gasteiger partial charge in [-0.15, -0.1) is 0 Å². The Balaban J connectivity index is 1.45. The summed E-state index contributed by atoms with van der Waals surface area (Å²) in [4.78, 5) is 14.6. The minimum atomic E-state index is 0.0306. The Bertz CT molecular complexity index is 569. The molecule has 1 heterocycles. The SMILES string of the molecule is N#Cc1ccc(NC(=O)CCN(CC2CCOC2)C2CC2)cc1. The molecule has 5 nitrogen and oxygen atoms in total. The molecule has 0 bridgehead atoms. The fraction of sp³-hybridized carbons (Fsp3) is 0.556. The number of anilines is 1. The van der Waals surface area contributed by atoms with E-state index in [1.54, 1.807) is 24.3 Å². The molecular weight excluding hydrogens is 290 g/mol. The number of hydrogen-bond donors (Lipinski definition) is 1. The zero-order chi connectivity index (χ0) is 16.1. The van der Waals surface area contributed by atoms with Gasteiger partial charge in [0, 0.05) is 37.8 Å². The van der Waals surface area contributed by atoms with Crippen LogP contribution in [0.3, 0.4) is 0 Å². The highest BCUT2D eigenvalue weighted by Gasteiger charge is 2.31. The van der Waals surface area contributed by atoms with Gasteiger partial charge in [-0.25, -0.2) is 0 Å². The maximum Gasteiger partial charge on any atom is 0.225 e. The number of ether oxygens (including phenoxy) is 1. The van der Waals surface area contributed by atoms with E-state index >= 15 is 0 Å². The average Bonchev–Trinajstić information content (AvgIpc) is 3.29. The maximum atomic E-state index is 12.1. The molecule has 5 heteroatoms. The molecule has 0 radical (unpaired) electrons. The largest absolute Gasteiger partial charge is 0.381 e. The molecule has 0 aromatic heterocycles. The van der Waals surface area contributed by atoms with Crippen LogP contribution in [-0.2, 0) is 9.53 Å². The molecule has 1 aliphatic carbocycles. The molecule has 2 fully saturated rings. The highest BCUT2D eigenvalue weighted by atomic mass is 16.5. The summed E-state index contributed by atoms with van der Waals surface area (Å²) in [7, 11) is 0. The summed E-state index contributed by atoms with van der Waals surface area (Å²) in [5.74, 6) is 0.653. The molecule has 122 valence electrons. The van der Waals surface area contributed by atoms with Crippen molar-refractivity contribution in [3.05, 3.63) is 29.8 Å². The van der Waals surface area contributed by atoms with Crippen molar-refractivity contribution in [2.75, 3.05) is 31.6 Å². The van der Waals surface area contributed by atoms with Crippen molar-refractivity contribution in [3.8, 4) is 6.07 Å². The van der Waals surface area contributed by atoms with E-state index in [2.05, 4.69) is 16.3 Å². The van der Waals surface area contributed by atoms with Gasteiger partial charge in [0.05, 0.1) is 18.2 Å². The third kappa shape index (κ3) is 4.78. The second-order valence-corrected chi connectivity index (χ2v) is 6.44. The Morgan fingerprint density at radius 2 is 2.09 bits per heavy atom. The summed E-state index contributed by atoms with van der Waals surface area (Å²) in [5, 5.41) is 11.7. The second kappa shape index (κ2) is 7.58. The molecule has 1 saturated carbocycles. The van der Waals surface area contributed by atoms with Crippen LogP contribution in [0.15, 0.2) is 24.3 Å². The number of carbonyl (C=O) groups is 1. The number of amides is 1. The molecule has 3 rings (SSSR count). The van der Waals surface area contributed by atoms with Crippen molar-refractivity contribution >= 4 is 11.6 Å². The summed E-state index contributed by atoms with van der Waals surface area (Å²) >= 11 is 0. The Labute approximate surface area is 137 Å². The first-order valence-electron chi connectivity index (χ1n) is 8.36. The molecule has 0 spiro atoms. The van der Waals surface area contributed by atoms with Crippen LogP contribution in [0.1, 0.15) is 31.2 Å². The molecule has 1 aliphatic heterocycles. The van der Waals surface area contributed by atoms with Crippen molar-refractivity contribution in [1.29, 1.82) is 5.26 Å². The molecule has 1 amide bonds. The van der Waals surface area contributed by atoms with Crippen molar-refractivity contribution in [2.45, 2.75) is 31.7 Å². The Kier molecular flexibility index (Phi) is 5.27. The minimum Gasteiger partial charge on any atom is -0.381 e. The number of nitrogens with one attached hydrogen (secondary N) is 1. The minimum absolute atomic E-state index is 0.0306. The number of nitriles is 1. The zero-order valence-corrected chi connectivity index (χ0v) is 13.3. The van der Waals surface area contributed by atoms with Crippen LogP contribution < -0.4 is 5.32 Å². The summed E-state index contributed by atoms with van der Waals surface area (Å²) in [6.45, 7) is 3.60. The van der Waals surface area contributed by atoms with Crippen molar-refractivity contribution in [2.24, 2.45) is 5.92 Å². The quantitative estimate of drug-likeness (QED) is 0.839. The van der Waals surface area contributed by atoms with Crippen LogP contribution in [0, 0.1) is 17.2 Å². The first-order chi connectivity index (χ1) is 11.2. The number of benzene rings is 1. The van der Waals surface area contributed by atoms with Gasteiger partial charge in [0.15, 0.2) is 0 Å². The first-order valence-corrected chi connectivity index (χ1v) is 8.36. The Hall–Kier alpha value is -1.90.